The van der Waals surface area contributed by atoms with Gasteiger partial charge in [-0.1, -0.05) is 12.1 Å². The van der Waals surface area contributed by atoms with Gasteiger partial charge in [-0.2, -0.15) is 0 Å². The van der Waals surface area contributed by atoms with Gasteiger partial charge in [0.25, 0.3) is 5.91 Å². The number of nitrogens with one attached hydrogen (secondary N) is 1. The molecule has 4 heteroatoms. The van der Waals surface area contributed by atoms with Crippen LogP contribution in [0.5, 0.6) is 0 Å². The molecule has 0 atom stereocenters. The van der Waals surface area contributed by atoms with Gasteiger partial charge in [-0.25, -0.2) is 4.39 Å². The lowest BCUT2D eigenvalue weighted by molar-refractivity contribution is 0.0951. The molecule has 0 radical (unpaired) electrons. The molecular formula is C19H19FN2O. The van der Waals surface area contributed by atoms with Crippen LogP contribution in [0.2, 0.25) is 0 Å². The molecule has 23 heavy (non-hydrogen) atoms. The third kappa shape index (κ3) is 2.84. The number of fused-ring (bicyclic) bond motifs is 1. The molecule has 0 aliphatic heterocycles. The first kappa shape index (κ1) is 15.3. The summed E-state index contributed by atoms with van der Waals surface area (Å²) in [7, 11) is 2.03. The summed E-state index contributed by atoms with van der Waals surface area (Å²) in [6.07, 6.45) is 0. The number of carbonyl (C=O) groups is 1. The van der Waals surface area contributed by atoms with Crippen LogP contribution in [0, 0.1) is 19.7 Å². The number of nitrogens with zero attached hydrogens (tertiary/aromatic N) is 1. The monoisotopic (exact) mass is 310 g/mol. The second-order valence-corrected chi connectivity index (χ2v) is 5.81. The number of benzene rings is 2. The molecule has 0 unspecified atom stereocenters. The van der Waals surface area contributed by atoms with E-state index in [4.69, 9.17) is 0 Å². The molecule has 3 aromatic rings. The van der Waals surface area contributed by atoms with Gasteiger partial charge in [0.1, 0.15) is 5.82 Å². The highest BCUT2D eigenvalue weighted by molar-refractivity contribution is 5.99. The number of rotatable bonds is 3. The van der Waals surface area contributed by atoms with Crippen LogP contribution in [0.15, 0.2) is 42.5 Å². The molecule has 0 spiro atoms. The van der Waals surface area contributed by atoms with Gasteiger partial charge < -0.3 is 9.88 Å². The molecule has 0 saturated carbocycles. The van der Waals surface area contributed by atoms with Gasteiger partial charge in [-0.3, -0.25) is 4.79 Å². The summed E-state index contributed by atoms with van der Waals surface area (Å²) in [6.45, 7) is 4.52. The van der Waals surface area contributed by atoms with Crippen molar-refractivity contribution in [2.75, 3.05) is 0 Å². The van der Waals surface area contributed by atoms with Crippen molar-refractivity contribution >= 4 is 16.8 Å². The van der Waals surface area contributed by atoms with E-state index in [1.807, 2.05) is 25.2 Å². The van der Waals surface area contributed by atoms with E-state index in [1.54, 1.807) is 12.1 Å². The third-order valence-corrected chi connectivity index (χ3v) is 4.44. The van der Waals surface area contributed by atoms with Crippen molar-refractivity contribution in [2.45, 2.75) is 20.4 Å². The predicted molar refractivity (Wildman–Crippen MR) is 90.0 cm³/mol. The van der Waals surface area contributed by atoms with Crippen LogP contribution >= 0.6 is 0 Å². The minimum atomic E-state index is -0.277. The summed E-state index contributed by atoms with van der Waals surface area (Å²) in [5.41, 5.74) is 5.01. The highest BCUT2D eigenvalue weighted by atomic mass is 19.1. The molecule has 118 valence electrons. The zero-order chi connectivity index (χ0) is 16.6. The second kappa shape index (κ2) is 5.88. The Bertz CT molecular complexity index is 879. The molecule has 2 aromatic carbocycles. The number of aryl methyl sites for hydroxylation is 2. The lowest BCUT2D eigenvalue weighted by Gasteiger charge is -2.06. The van der Waals surface area contributed by atoms with Crippen molar-refractivity contribution in [3.05, 3.63) is 70.7 Å². The van der Waals surface area contributed by atoms with Crippen molar-refractivity contribution in [3.63, 3.8) is 0 Å². The van der Waals surface area contributed by atoms with Gasteiger partial charge in [0.05, 0.1) is 0 Å². The normalized spacial score (nSPS) is 11.0. The van der Waals surface area contributed by atoms with Crippen molar-refractivity contribution < 1.29 is 9.18 Å². The quantitative estimate of drug-likeness (QED) is 0.783. The number of halogens is 1. The lowest BCUT2D eigenvalue weighted by atomic mass is 10.1. The number of amides is 1. The molecule has 1 heterocycles. The van der Waals surface area contributed by atoms with Gasteiger partial charge >= 0.3 is 0 Å². The Balaban J connectivity index is 1.81. The number of hydrogen-bond acceptors (Lipinski definition) is 1. The maximum absolute atomic E-state index is 12.9. The summed E-state index contributed by atoms with van der Waals surface area (Å²) in [5.74, 6) is -0.405. The highest BCUT2D eigenvalue weighted by Gasteiger charge is 2.12. The molecule has 1 aromatic heterocycles. The maximum atomic E-state index is 12.9. The highest BCUT2D eigenvalue weighted by Crippen LogP contribution is 2.25. The summed E-state index contributed by atoms with van der Waals surface area (Å²) < 4.78 is 15.0. The lowest BCUT2D eigenvalue weighted by Crippen LogP contribution is -2.22. The Morgan fingerprint density at radius 3 is 2.52 bits per heavy atom. The first-order chi connectivity index (χ1) is 11.0. The Kier molecular flexibility index (Phi) is 3.90. The Labute approximate surface area is 134 Å². The largest absolute Gasteiger partial charge is 0.348 e. The summed E-state index contributed by atoms with van der Waals surface area (Å²) in [5, 5.41) is 3.97. The standard InChI is InChI=1S/C19H19FN2O/c1-12-13(2)22(3)18-9-6-15(10-17(12)18)19(23)21-11-14-4-7-16(20)8-5-14/h4-10H,11H2,1-3H3,(H,21,23). The van der Waals surface area contributed by atoms with Gasteiger partial charge in [0.15, 0.2) is 0 Å². The maximum Gasteiger partial charge on any atom is 0.251 e. The molecule has 1 amide bonds. The van der Waals surface area contributed by atoms with Gasteiger partial charge in [0, 0.05) is 35.8 Å². The van der Waals surface area contributed by atoms with E-state index < -0.39 is 0 Å². The van der Waals surface area contributed by atoms with Gasteiger partial charge in [-0.05, 0) is 55.3 Å². The average Bonchev–Trinajstić information content (AvgIpc) is 2.78. The molecule has 0 aliphatic carbocycles. The summed E-state index contributed by atoms with van der Waals surface area (Å²) in [4.78, 5) is 12.3. The van der Waals surface area contributed by atoms with E-state index in [0.29, 0.717) is 12.1 Å². The van der Waals surface area contributed by atoms with Crippen molar-refractivity contribution in [2.24, 2.45) is 7.05 Å². The number of carbonyl (C=O) groups excluding carboxylic acids is 1. The fourth-order valence-electron chi connectivity index (χ4n) is 2.78. The SMILES string of the molecule is Cc1c(C)n(C)c2ccc(C(=O)NCc3ccc(F)cc3)cc12. The smallest absolute Gasteiger partial charge is 0.251 e. The van der Waals surface area contributed by atoms with Crippen LogP contribution in [0.1, 0.15) is 27.2 Å². The fourth-order valence-corrected chi connectivity index (χ4v) is 2.78. The van der Waals surface area contributed by atoms with Crippen molar-refractivity contribution in [3.8, 4) is 0 Å². The van der Waals surface area contributed by atoms with E-state index in [9.17, 15) is 9.18 Å². The van der Waals surface area contributed by atoms with Gasteiger partial charge in [0.2, 0.25) is 0 Å². The minimum absolute atomic E-state index is 0.128. The third-order valence-electron chi connectivity index (χ3n) is 4.44. The minimum Gasteiger partial charge on any atom is -0.348 e. The van der Waals surface area contributed by atoms with Gasteiger partial charge in [-0.15, -0.1) is 0 Å². The topological polar surface area (TPSA) is 34.0 Å². The predicted octanol–water partition coefficient (Wildman–Crippen LogP) is 3.86. The summed E-state index contributed by atoms with van der Waals surface area (Å²) in [6, 6.07) is 11.9. The molecule has 3 nitrogen and oxygen atoms in total. The van der Waals surface area contributed by atoms with Crippen molar-refractivity contribution in [1.82, 2.24) is 9.88 Å². The Morgan fingerprint density at radius 2 is 1.83 bits per heavy atom. The zero-order valence-electron chi connectivity index (χ0n) is 13.5. The molecule has 3 rings (SSSR count). The Morgan fingerprint density at radius 1 is 1.13 bits per heavy atom. The van der Waals surface area contributed by atoms with Crippen LogP contribution in [0.25, 0.3) is 10.9 Å². The van der Waals surface area contributed by atoms with Crippen molar-refractivity contribution in [1.29, 1.82) is 0 Å². The van der Waals surface area contributed by atoms with E-state index >= 15 is 0 Å². The first-order valence-electron chi connectivity index (χ1n) is 7.55. The summed E-state index contributed by atoms with van der Waals surface area (Å²) >= 11 is 0. The van der Waals surface area contributed by atoms with Crippen LogP contribution in [-0.4, -0.2) is 10.5 Å². The van der Waals surface area contributed by atoms with E-state index in [2.05, 4.69) is 23.7 Å². The van der Waals surface area contributed by atoms with Crippen LogP contribution in [0.4, 0.5) is 4.39 Å². The molecule has 0 bridgehead atoms. The Hall–Kier alpha value is -2.62. The number of aromatic nitrogens is 1. The fraction of sp³-hybridized carbons (Fsp3) is 0.211. The molecule has 0 fully saturated rings. The zero-order valence-corrected chi connectivity index (χ0v) is 13.5. The van der Waals surface area contributed by atoms with E-state index in [1.165, 1.54) is 23.4 Å². The van der Waals surface area contributed by atoms with E-state index in [0.717, 1.165) is 16.5 Å². The number of hydrogen-bond donors (Lipinski definition) is 1. The first-order valence-corrected chi connectivity index (χ1v) is 7.55. The molecule has 1 N–H and O–H groups in total. The van der Waals surface area contributed by atoms with Crippen LogP contribution in [-0.2, 0) is 13.6 Å². The average molecular weight is 310 g/mol. The molecular weight excluding hydrogens is 291 g/mol. The second-order valence-electron chi connectivity index (χ2n) is 5.81. The van der Waals surface area contributed by atoms with E-state index in [-0.39, 0.29) is 11.7 Å². The molecule has 0 aliphatic rings. The van der Waals surface area contributed by atoms with Crippen LogP contribution < -0.4 is 5.32 Å². The molecule has 0 saturated heterocycles. The van der Waals surface area contributed by atoms with Crippen LogP contribution in [0.3, 0.4) is 0 Å².